The Kier molecular flexibility index (Phi) is 5.26. The minimum absolute atomic E-state index is 0.0389. The van der Waals surface area contributed by atoms with Gasteiger partial charge in [-0.15, -0.1) is 0 Å². The molecular formula is C18H20ClN3O. The lowest BCUT2D eigenvalue weighted by Gasteiger charge is -2.34. The number of carbonyl (C=O) groups excluding carboxylic acids is 1. The van der Waals surface area contributed by atoms with E-state index in [1.165, 1.54) is 5.56 Å². The summed E-state index contributed by atoms with van der Waals surface area (Å²) in [5.41, 5.74) is 1.97. The van der Waals surface area contributed by atoms with Crippen molar-refractivity contribution in [1.29, 1.82) is 0 Å². The number of hydrogen-bond donors (Lipinski definition) is 0. The normalized spacial score (nSPS) is 15.6. The first-order valence-electron chi connectivity index (χ1n) is 7.89. The smallest absolute Gasteiger partial charge is 0.254 e. The van der Waals surface area contributed by atoms with Crippen molar-refractivity contribution in [1.82, 2.24) is 14.8 Å². The molecule has 0 atom stereocenters. The molecule has 120 valence electrons. The maximum Gasteiger partial charge on any atom is 0.254 e. The predicted molar refractivity (Wildman–Crippen MR) is 91.7 cm³/mol. The number of aromatic nitrogens is 1. The highest BCUT2D eigenvalue weighted by molar-refractivity contribution is 6.29. The molecule has 1 fully saturated rings. The number of benzene rings is 1. The van der Waals surface area contributed by atoms with E-state index in [0.717, 1.165) is 39.1 Å². The monoisotopic (exact) mass is 329 g/mol. The topological polar surface area (TPSA) is 36.4 Å². The van der Waals surface area contributed by atoms with Gasteiger partial charge in [0.1, 0.15) is 5.15 Å². The Labute approximate surface area is 141 Å². The Morgan fingerprint density at radius 3 is 2.52 bits per heavy atom. The Bertz CT molecular complexity index is 654. The van der Waals surface area contributed by atoms with Gasteiger partial charge in [-0.3, -0.25) is 9.69 Å². The standard InChI is InChI=1S/C18H20ClN3O/c19-17-14-16(6-8-20-17)18(23)22-12-10-21(11-13-22)9-7-15-4-2-1-3-5-15/h1-6,8,14H,7,9-13H2. The van der Waals surface area contributed by atoms with Crippen LogP contribution in [0, 0.1) is 0 Å². The second-order valence-electron chi connectivity index (χ2n) is 5.74. The van der Waals surface area contributed by atoms with E-state index >= 15 is 0 Å². The van der Waals surface area contributed by atoms with Crippen LogP contribution < -0.4 is 0 Å². The molecule has 1 amide bonds. The predicted octanol–water partition coefficient (Wildman–Crippen LogP) is 2.74. The summed E-state index contributed by atoms with van der Waals surface area (Å²) < 4.78 is 0. The number of carbonyl (C=O) groups is 1. The molecule has 0 N–H and O–H groups in total. The molecule has 0 unspecified atom stereocenters. The Morgan fingerprint density at radius 2 is 1.83 bits per heavy atom. The van der Waals surface area contributed by atoms with E-state index in [2.05, 4.69) is 34.1 Å². The van der Waals surface area contributed by atoms with Crippen LogP contribution in [0.15, 0.2) is 48.7 Å². The van der Waals surface area contributed by atoms with Crippen LogP contribution >= 0.6 is 11.6 Å². The third kappa shape index (κ3) is 4.30. The first-order chi connectivity index (χ1) is 11.2. The summed E-state index contributed by atoms with van der Waals surface area (Å²) in [5.74, 6) is 0.0389. The van der Waals surface area contributed by atoms with Crippen LogP contribution in [0.3, 0.4) is 0 Å². The molecule has 0 radical (unpaired) electrons. The molecule has 1 aliphatic rings. The molecule has 3 rings (SSSR count). The summed E-state index contributed by atoms with van der Waals surface area (Å²) in [6, 6.07) is 13.9. The van der Waals surface area contributed by atoms with Crippen LogP contribution in [0.5, 0.6) is 0 Å². The number of nitrogens with zero attached hydrogens (tertiary/aromatic N) is 3. The van der Waals surface area contributed by atoms with Crippen molar-refractivity contribution in [2.45, 2.75) is 6.42 Å². The molecule has 5 heteroatoms. The SMILES string of the molecule is O=C(c1ccnc(Cl)c1)N1CCN(CCc2ccccc2)CC1. The summed E-state index contributed by atoms with van der Waals surface area (Å²) >= 11 is 5.86. The van der Waals surface area contributed by atoms with Gasteiger partial charge in [0.05, 0.1) is 0 Å². The molecule has 0 aliphatic carbocycles. The molecule has 0 bridgehead atoms. The molecule has 1 aromatic heterocycles. The molecule has 1 aromatic carbocycles. The van der Waals surface area contributed by atoms with Crippen LogP contribution in [0.4, 0.5) is 0 Å². The minimum atomic E-state index is 0.0389. The van der Waals surface area contributed by atoms with Crippen LogP contribution in [0.2, 0.25) is 5.15 Å². The number of hydrogen-bond acceptors (Lipinski definition) is 3. The molecule has 1 aliphatic heterocycles. The summed E-state index contributed by atoms with van der Waals surface area (Å²) in [6.07, 6.45) is 2.63. The quantitative estimate of drug-likeness (QED) is 0.809. The Balaban J connectivity index is 1.49. The van der Waals surface area contributed by atoms with Crippen molar-refractivity contribution < 1.29 is 4.79 Å². The van der Waals surface area contributed by atoms with Crippen molar-refractivity contribution in [3.63, 3.8) is 0 Å². The Hall–Kier alpha value is -1.91. The molecule has 1 saturated heterocycles. The highest BCUT2D eigenvalue weighted by Gasteiger charge is 2.22. The maximum absolute atomic E-state index is 12.5. The molecule has 2 aromatic rings. The maximum atomic E-state index is 12.5. The number of halogens is 1. The summed E-state index contributed by atoms with van der Waals surface area (Å²) in [6.45, 7) is 4.38. The fourth-order valence-corrected chi connectivity index (χ4v) is 3.00. The van der Waals surface area contributed by atoms with E-state index in [1.807, 2.05) is 11.0 Å². The van der Waals surface area contributed by atoms with E-state index < -0.39 is 0 Å². The molecule has 2 heterocycles. The van der Waals surface area contributed by atoms with Crippen molar-refractivity contribution in [3.8, 4) is 0 Å². The average molecular weight is 330 g/mol. The van der Waals surface area contributed by atoms with Crippen LogP contribution in [-0.2, 0) is 6.42 Å². The van der Waals surface area contributed by atoms with Gasteiger partial charge in [0.2, 0.25) is 0 Å². The lowest BCUT2D eigenvalue weighted by Crippen LogP contribution is -2.49. The zero-order chi connectivity index (χ0) is 16.1. The number of rotatable bonds is 4. The second kappa shape index (κ2) is 7.57. The second-order valence-corrected chi connectivity index (χ2v) is 6.12. The van der Waals surface area contributed by atoms with Gasteiger partial charge >= 0.3 is 0 Å². The van der Waals surface area contributed by atoms with Crippen molar-refractivity contribution in [2.24, 2.45) is 0 Å². The van der Waals surface area contributed by atoms with Crippen LogP contribution in [0.1, 0.15) is 15.9 Å². The van der Waals surface area contributed by atoms with Gasteiger partial charge in [0.15, 0.2) is 0 Å². The number of pyridine rings is 1. The molecule has 23 heavy (non-hydrogen) atoms. The first kappa shape index (κ1) is 16.0. The summed E-state index contributed by atoms with van der Waals surface area (Å²) in [4.78, 5) is 20.7. The van der Waals surface area contributed by atoms with Gasteiger partial charge in [-0.1, -0.05) is 41.9 Å². The van der Waals surface area contributed by atoms with Gasteiger partial charge in [-0.05, 0) is 24.1 Å². The van der Waals surface area contributed by atoms with Gasteiger partial charge < -0.3 is 4.90 Å². The van der Waals surface area contributed by atoms with E-state index in [4.69, 9.17) is 11.6 Å². The van der Waals surface area contributed by atoms with E-state index in [1.54, 1.807) is 18.3 Å². The van der Waals surface area contributed by atoms with Crippen molar-refractivity contribution in [3.05, 3.63) is 64.9 Å². The highest BCUT2D eigenvalue weighted by Crippen LogP contribution is 2.12. The largest absolute Gasteiger partial charge is 0.336 e. The molecule has 0 spiro atoms. The zero-order valence-electron chi connectivity index (χ0n) is 13.0. The van der Waals surface area contributed by atoms with Gasteiger partial charge in [-0.2, -0.15) is 0 Å². The lowest BCUT2D eigenvalue weighted by molar-refractivity contribution is 0.0638. The molecule has 0 saturated carbocycles. The number of amides is 1. The number of piperazine rings is 1. The summed E-state index contributed by atoms with van der Waals surface area (Å²) in [5, 5.41) is 0.359. The van der Waals surface area contributed by atoms with E-state index in [0.29, 0.717) is 10.7 Å². The fourth-order valence-electron chi connectivity index (χ4n) is 2.82. The zero-order valence-corrected chi connectivity index (χ0v) is 13.7. The lowest BCUT2D eigenvalue weighted by atomic mass is 10.1. The van der Waals surface area contributed by atoms with Crippen molar-refractivity contribution >= 4 is 17.5 Å². The van der Waals surface area contributed by atoms with E-state index in [-0.39, 0.29) is 5.91 Å². The van der Waals surface area contributed by atoms with Gasteiger partial charge in [0, 0.05) is 44.5 Å². The highest BCUT2D eigenvalue weighted by atomic mass is 35.5. The van der Waals surface area contributed by atoms with Gasteiger partial charge in [-0.25, -0.2) is 4.98 Å². The molecular weight excluding hydrogens is 310 g/mol. The van der Waals surface area contributed by atoms with Gasteiger partial charge in [0.25, 0.3) is 5.91 Å². The third-order valence-electron chi connectivity index (χ3n) is 4.19. The molecule has 4 nitrogen and oxygen atoms in total. The average Bonchev–Trinajstić information content (AvgIpc) is 2.61. The minimum Gasteiger partial charge on any atom is -0.336 e. The summed E-state index contributed by atoms with van der Waals surface area (Å²) in [7, 11) is 0. The van der Waals surface area contributed by atoms with E-state index in [9.17, 15) is 4.79 Å². The third-order valence-corrected chi connectivity index (χ3v) is 4.40. The van der Waals surface area contributed by atoms with Crippen molar-refractivity contribution in [2.75, 3.05) is 32.7 Å². The fraction of sp³-hybridized carbons (Fsp3) is 0.333. The Morgan fingerprint density at radius 1 is 1.09 bits per heavy atom. The van der Waals surface area contributed by atoms with Crippen LogP contribution in [0.25, 0.3) is 0 Å². The van der Waals surface area contributed by atoms with Crippen LogP contribution in [-0.4, -0.2) is 53.4 Å². The first-order valence-corrected chi connectivity index (χ1v) is 8.27.